The van der Waals surface area contributed by atoms with Gasteiger partial charge in [-0.15, -0.1) is 0 Å². The lowest BCUT2D eigenvalue weighted by Gasteiger charge is -2.21. The quantitative estimate of drug-likeness (QED) is 0.849. The average molecular weight is 355 g/mol. The van der Waals surface area contributed by atoms with Gasteiger partial charge < -0.3 is 0 Å². The van der Waals surface area contributed by atoms with Crippen molar-refractivity contribution in [2.75, 3.05) is 11.4 Å². The number of anilines is 1. The van der Waals surface area contributed by atoms with E-state index in [1.807, 2.05) is 32.0 Å². The Morgan fingerprint density at radius 1 is 1.15 bits per heavy atom. The van der Waals surface area contributed by atoms with Gasteiger partial charge in [0, 0.05) is 23.9 Å². The summed E-state index contributed by atoms with van der Waals surface area (Å²) in [6, 6.07) is 7.21. The van der Waals surface area contributed by atoms with Gasteiger partial charge in [-0.25, -0.2) is 8.42 Å². The molecule has 1 heterocycles. The van der Waals surface area contributed by atoms with Crippen LogP contribution in [-0.4, -0.2) is 20.4 Å². The largest absolute Gasteiger partial charge is 0.269 e. The maximum absolute atomic E-state index is 12.6. The molecule has 6 heteroatoms. The second-order valence-corrected chi connectivity index (χ2v) is 7.49. The maximum atomic E-state index is 12.6. The summed E-state index contributed by atoms with van der Waals surface area (Å²) in [7, 11) is -2.06. The Morgan fingerprint density at radius 3 is 2.45 bits per heavy atom. The highest BCUT2D eigenvalue weighted by molar-refractivity contribution is 9.10. The molecule has 2 aromatic rings. The average Bonchev–Trinajstić information content (AvgIpc) is 2.38. The van der Waals surface area contributed by atoms with E-state index in [4.69, 9.17) is 0 Å². The topological polar surface area (TPSA) is 50.3 Å². The van der Waals surface area contributed by atoms with Crippen molar-refractivity contribution in [1.29, 1.82) is 0 Å². The van der Waals surface area contributed by atoms with Gasteiger partial charge in [-0.3, -0.25) is 9.29 Å². The molecule has 2 rings (SSSR count). The van der Waals surface area contributed by atoms with E-state index in [2.05, 4.69) is 20.9 Å². The van der Waals surface area contributed by atoms with Crippen molar-refractivity contribution in [3.8, 4) is 0 Å². The van der Waals surface area contributed by atoms with Gasteiger partial charge in [0.05, 0.1) is 5.69 Å². The van der Waals surface area contributed by atoms with Gasteiger partial charge in [0.15, 0.2) is 0 Å². The third-order valence-electron chi connectivity index (χ3n) is 3.03. The molecule has 0 saturated carbocycles. The standard InChI is InChI=1S/C14H15BrN2O2S/c1-10-4-5-14(11(2)6-10)17(3)20(18,19)13-7-12(15)8-16-9-13/h4-9H,1-3H3. The van der Waals surface area contributed by atoms with Crippen molar-refractivity contribution >= 4 is 31.6 Å². The van der Waals surface area contributed by atoms with Crippen molar-refractivity contribution in [3.63, 3.8) is 0 Å². The molecule has 1 aromatic heterocycles. The number of aryl methyl sites for hydroxylation is 2. The Labute approximate surface area is 127 Å². The van der Waals surface area contributed by atoms with Crippen LogP contribution >= 0.6 is 15.9 Å². The lowest BCUT2D eigenvalue weighted by atomic mass is 10.1. The fourth-order valence-corrected chi connectivity index (χ4v) is 3.75. The molecule has 1 aromatic carbocycles. The molecule has 0 unspecified atom stereocenters. The number of aromatic nitrogens is 1. The number of halogens is 1. The Kier molecular flexibility index (Phi) is 4.15. The van der Waals surface area contributed by atoms with Crippen LogP contribution in [-0.2, 0) is 10.0 Å². The summed E-state index contributed by atoms with van der Waals surface area (Å²) in [5.41, 5.74) is 2.68. The molecule has 106 valence electrons. The van der Waals surface area contributed by atoms with Crippen LogP contribution in [0.25, 0.3) is 0 Å². The Morgan fingerprint density at radius 2 is 1.85 bits per heavy atom. The molecule has 4 nitrogen and oxygen atoms in total. The van der Waals surface area contributed by atoms with Crippen molar-refractivity contribution < 1.29 is 8.42 Å². The molecule has 0 N–H and O–H groups in total. The van der Waals surface area contributed by atoms with Gasteiger partial charge in [-0.2, -0.15) is 0 Å². The van der Waals surface area contributed by atoms with E-state index in [9.17, 15) is 8.42 Å². The lowest BCUT2D eigenvalue weighted by Crippen LogP contribution is -2.27. The summed E-state index contributed by atoms with van der Waals surface area (Å²) >= 11 is 3.24. The summed E-state index contributed by atoms with van der Waals surface area (Å²) in [5.74, 6) is 0. The van der Waals surface area contributed by atoms with Gasteiger partial charge in [0.1, 0.15) is 4.90 Å². The fraction of sp³-hybridized carbons (Fsp3) is 0.214. The van der Waals surface area contributed by atoms with Gasteiger partial charge in [-0.05, 0) is 47.5 Å². The SMILES string of the molecule is Cc1ccc(N(C)S(=O)(=O)c2cncc(Br)c2)c(C)c1. The van der Waals surface area contributed by atoms with Crippen molar-refractivity contribution in [3.05, 3.63) is 52.3 Å². The monoisotopic (exact) mass is 354 g/mol. The van der Waals surface area contributed by atoms with Gasteiger partial charge in [0.25, 0.3) is 10.0 Å². The zero-order chi connectivity index (χ0) is 14.9. The molecule has 0 amide bonds. The molecular weight excluding hydrogens is 340 g/mol. The summed E-state index contributed by atoms with van der Waals surface area (Å²) in [6.45, 7) is 3.87. The zero-order valence-corrected chi connectivity index (χ0v) is 13.9. The van der Waals surface area contributed by atoms with Gasteiger partial charge >= 0.3 is 0 Å². The second kappa shape index (κ2) is 5.54. The minimum atomic E-state index is -3.61. The molecule has 0 aliphatic carbocycles. The molecule has 0 fully saturated rings. The molecule has 0 spiro atoms. The first-order valence-corrected chi connectivity index (χ1v) is 8.22. The third-order valence-corrected chi connectivity index (χ3v) is 5.20. The number of hydrogen-bond donors (Lipinski definition) is 0. The van der Waals surface area contributed by atoms with E-state index in [-0.39, 0.29) is 4.90 Å². The fourth-order valence-electron chi connectivity index (χ4n) is 1.98. The predicted octanol–water partition coefficient (Wildman–Crippen LogP) is 3.29. The number of rotatable bonds is 3. The molecule has 20 heavy (non-hydrogen) atoms. The smallest absolute Gasteiger partial charge is 0.265 e. The van der Waals surface area contributed by atoms with Crippen molar-refractivity contribution in [1.82, 2.24) is 4.98 Å². The molecule has 0 aliphatic heterocycles. The highest BCUT2D eigenvalue weighted by atomic mass is 79.9. The van der Waals surface area contributed by atoms with Crippen LogP contribution in [0.5, 0.6) is 0 Å². The summed E-state index contributed by atoms with van der Waals surface area (Å²) < 4.78 is 27.1. The van der Waals surface area contributed by atoms with E-state index in [1.165, 1.54) is 10.5 Å². The number of benzene rings is 1. The van der Waals surface area contributed by atoms with Crippen LogP contribution in [0.4, 0.5) is 5.69 Å². The minimum absolute atomic E-state index is 0.161. The van der Waals surface area contributed by atoms with Crippen LogP contribution in [0, 0.1) is 13.8 Å². The molecule has 0 bridgehead atoms. The highest BCUT2D eigenvalue weighted by Crippen LogP contribution is 2.26. The predicted molar refractivity (Wildman–Crippen MR) is 83.4 cm³/mol. The van der Waals surface area contributed by atoms with Crippen LogP contribution in [0.1, 0.15) is 11.1 Å². The van der Waals surface area contributed by atoms with E-state index in [1.54, 1.807) is 19.3 Å². The van der Waals surface area contributed by atoms with Gasteiger partial charge in [0.2, 0.25) is 0 Å². The maximum Gasteiger partial charge on any atom is 0.265 e. The number of pyridine rings is 1. The molecule has 0 saturated heterocycles. The van der Waals surface area contributed by atoms with Crippen molar-refractivity contribution in [2.24, 2.45) is 0 Å². The van der Waals surface area contributed by atoms with E-state index >= 15 is 0 Å². The normalized spacial score (nSPS) is 11.4. The van der Waals surface area contributed by atoms with Crippen LogP contribution < -0.4 is 4.31 Å². The number of sulfonamides is 1. The summed E-state index contributed by atoms with van der Waals surface area (Å²) in [4.78, 5) is 4.07. The first-order valence-electron chi connectivity index (χ1n) is 5.99. The van der Waals surface area contributed by atoms with Gasteiger partial charge in [-0.1, -0.05) is 17.7 Å². The van der Waals surface area contributed by atoms with Crippen LogP contribution in [0.3, 0.4) is 0 Å². The second-order valence-electron chi connectivity index (χ2n) is 4.60. The minimum Gasteiger partial charge on any atom is -0.269 e. The van der Waals surface area contributed by atoms with Crippen LogP contribution in [0.2, 0.25) is 0 Å². The first kappa shape index (κ1) is 15.0. The third kappa shape index (κ3) is 2.86. The van der Waals surface area contributed by atoms with Crippen molar-refractivity contribution in [2.45, 2.75) is 18.7 Å². The molecule has 0 aliphatic rings. The number of hydrogen-bond acceptors (Lipinski definition) is 3. The summed E-state index contributed by atoms with van der Waals surface area (Å²) in [6.07, 6.45) is 2.90. The highest BCUT2D eigenvalue weighted by Gasteiger charge is 2.23. The first-order chi connectivity index (χ1) is 9.32. The molecule has 0 radical (unpaired) electrons. The summed E-state index contributed by atoms with van der Waals surface area (Å²) in [5, 5.41) is 0. The van der Waals surface area contributed by atoms with E-state index in [0.29, 0.717) is 10.2 Å². The van der Waals surface area contributed by atoms with E-state index < -0.39 is 10.0 Å². The Hall–Kier alpha value is -1.40. The lowest BCUT2D eigenvalue weighted by molar-refractivity contribution is 0.594. The molecular formula is C14H15BrN2O2S. The zero-order valence-electron chi connectivity index (χ0n) is 11.5. The van der Waals surface area contributed by atoms with E-state index in [0.717, 1.165) is 11.1 Å². The number of nitrogens with zero attached hydrogens (tertiary/aromatic N) is 2. The Balaban J connectivity index is 2.49. The Bertz CT molecular complexity index is 745. The molecule has 0 atom stereocenters. The van der Waals surface area contributed by atoms with Crippen LogP contribution in [0.15, 0.2) is 46.0 Å².